The first kappa shape index (κ1) is 18.4. The number of rotatable bonds is 5. The van der Waals surface area contributed by atoms with Crippen molar-refractivity contribution in [3.8, 4) is 0 Å². The SMILES string of the molecule is CN=C(NCc1ccc(N2CCC(C)CC2)cc1)NCC1CCCS1. The molecule has 1 unspecified atom stereocenters. The Kier molecular flexibility index (Phi) is 6.91. The number of anilines is 1. The second-order valence-electron chi connectivity index (χ2n) is 7.28. The van der Waals surface area contributed by atoms with Crippen LogP contribution in [0.5, 0.6) is 0 Å². The third-order valence-corrected chi connectivity index (χ3v) is 6.69. The van der Waals surface area contributed by atoms with Crippen LogP contribution in [0, 0.1) is 5.92 Å². The molecule has 2 aliphatic heterocycles. The molecular formula is C20H32N4S. The highest BCUT2D eigenvalue weighted by atomic mass is 32.2. The minimum absolute atomic E-state index is 0.741. The lowest BCUT2D eigenvalue weighted by molar-refractivity contribution is 0.438. The Balaban J connectivity index is 1.44. The predicted octanol–water partition coefficient (Wildman–Crippen LogP) is 3.48. The molecule has 0 aromatic heterocycles. The van der Waals surface area contributed by atoms with Gasteiger partial charge in [-0.3, -0.25) is 4.99 Å². The van der Waals surface area contributed by atoms with E-state index in [1.165, 1.54) is 55.8 Å². The van der Waals surface area contributed by atoms with Crippen LogP contribution in [0.15, 0.2) is 29.3 Å². The number of thioether (sulfide) groups is 1. The van der Waals surface area contributed by atoms with Gasteiger partial charge in [0.15, 0.2) is 5.96 Å². The summed E-state index contributed by atoms with van der Waals surface area (Å²) in [7, 11) is 1.84. The van der Waals surface area contributed by atoms with Crippen molar-refractivity contribution < 1.29 is 0 Å². The summed E-state index contributed by atoms with van der Waals surface area (Å²) in [5.41, 5.74) is 2.66. The van der Waals surface area contributed by atoms with Gasteiger partial charge in [0.05, 0.1) is 0 Å². The van der Waals surface area contributed by atoms with Crippen molar-refractivity contribution in [2.75, 3.05) is 37.3 Å². The molecule has 1 aromatic rings. The minimum atomic E-state index is 0.741. The number of nitrogens with one attached hydrogen (secondary N) is 2. The zero-order valence-electron chi connectivity index (χ0n) is 15.6. The second-order valence-corrected chi connectivity index (χ2v) is 8.69. The molecule has 1 aromatic carbocycles. The van der Waals surface area contributed by atoms with Crippen LogP contribution < -0.4 is 15.5 Å². The summed E-state index contributed by atoms with van der Waals surface area (Å²) in [4.78, 5) is 6.85. The Bertz CT molecular complexity index is 543. The Morgan fingerprint density at radius 2 is 1.92 bits per heavy atom. The Labute approximate surface area is 156 Å². The fourth-order valence-electron chi connectivity index (χ4n) is 3.51. The van der Waals surface area contributed by atoms with Crippen LogP contribution in [0.3, 0.4) is 0 Å². The molecular weight excluding hydrogens is 328 g/mol. The van der Waals surface area contributed by atoms with Gasteiger partial charge in [-0.2, -0.15) is 11.8 Å². The van der Waals surface area contributed by atoms with Crippen molar-refractivity contribution >= 4 is 23.4 Å². The highest BCUT2D eigenvalue weighted by Gasteiger charge is 2.16. The third kappa shape index (κ3) is 5.56. The molecule has 0 spiro atoms. The summed E-state index contributed by atoms with van der Waals surface area (Å²) >= 11 is 2.07. The lowest BCUT2D eigenvalue weighted by atomic mass is 9.99. The molecule has 2 aliphatic rings. The van der Waals surface area contributed by atoms with Crippen molar-refractivity contribution in [1.29, 1.82) is 0 Å². The van der Waals surface area contributed by atoms with E-state index in [1.54, 1.807) is 0 Å². The molecule has 3 rings (SSSR count). The normalized spacial score (nSPS) is 22.2. The Morgan fingerprint density at radius 3 is 2.56 bits per heavy atom. The number of nitrogens with zero attached hydrogens (tertiary/aromatic N) is 2. The van der Waals surface area contributed by atoms with Gasteiger partial charge in [-0.1, -0.05) is 19.1 Å². The molecule has 1 atom stereocenters. The Hall–Kier alpha value is -1.36. The maximum absolute atomic E-state index is 4.34. The molecule has 0 amide bonds. The predicted molar refractivity (Wildman–Crippen MR) is 111 cm³/mol. The number of piperidine rings is 1. The van der Waals surface area contributed by atoms with Crippen molar-refractivity contribution in [2.45, 2.75) is 44.4 Å². The molecule has 5 heteroatoms. The van der Waals surface area contributed by atoms with Gasteiger partial charge in [0.25, 0.3) is 0 Å². The number of benzene rings is 1. The summed E-state index contributed by atoms with van der Waals surface area (Å²) < 4.78 is 0. The average molecular weight is 361 g/mol. The lowest BCUT2D eigenvalue weighted by Gasteiger charge is -2.32. The monoisotopic (exact) mass is 360 g/mol. The number of hydrogen-bond acceptors (Lipinski definition) is 3. The highest BCUT2D eigenvalue weighted by molar-refractivity contribution is 8.00. The maximum Gasteiger partial charge on any atom is 0.191 e. The maximum atomic E-state index is 4.34. The average Bonchev–Trinajstić information content (AvgIpc) is 3.17. The van der Waals surface area contributed by atoms with Crippen molar-refractivity contribution in [3.63, 3.8) is 0 Å². The molecule has 0 bridgehead atoms. The quantitative estimate of drug-likeness (QED) is 0.623. The number of aliphatic imine (C=N–C) groups is 1. The molecule has 0 aliphatic carbocycles. The summed E-state index contributed by atoms with van der Waals surface area (Å²) in [6.45, 7) is 6.56. The van der Waals surface area contributed by atoms with E-state index < -0.39 is 0 Å². The first-order chi connectivity index (χ1) is 12.2. The van der Waals surface area contributed by atoms with E-state index in [9.17, 15) is 0 Å². The van der Waals surface area contributed by atoms with E-state index in [-0.39, 0.29) is 0 Å². The van der Waals surface area contributed by atoms with Crippen molar-refractivity contribution in [1.82, 2.24) is 10.6 Å². The van der Waals surface area contributed by atoms with Gasteiger partial charge in [0.2, 0.25) is 0 Å². The van der Waals surface area contributed by atoms with Crippen LogP contribution in [-0.2, 0) is 6.54 Å². The van der Waals surface area contributed by atoms with E-state index in [1.807, 2.05) is 7.05 Å². The molecule has 25 heavy (non-hydrogen) atoms. The fraction of sp³-hybridized carbons (Fsp3) is 0.650. The number of hydrogen-bond donors (Lipinski definition) is 2. The molecule has 2 N–H and O–H groups in total. The Morgan fingerprint density at radius 1 is 1.16 bits per heavy atom. The van der Waals surface area contributed by atoms with E-state index in [4.69, 9.17) is 0 Å². The van der Waals surface area contributed by atoms with Gasteiger partial charge in [0.1, 0.15) is 0 Å². The van der Waals surface area contributed by atoms with Gasteiger partial charge in [-0.05, 0) is 55.1 Å². The van der Waals surface area contributed by atoms with E-state index >= 15 is 0 Å². The first-order valence-corrected chi connectivity index (χ1v) is 10.7. The van der Waals surface area contributed by atoms with Gasteiger partial charge in [-0.15, -0.1) is 0 Å². The summed E-state index contributed by atoms with van der Waals surface area (Å²) in [6.07, 6.45) is 5.30. The van der Waals surface area contributed by atoms with Gasteiger partial charge < -0.3 is 15.5 Å². The standard InChI is InChI=1S/C20H32N4S/c1-16-9-11-24(12-10-16)18-7-5-17(6-8-18)14-22-20(21-2)23-15-19-4-3-13-25-19/h5-8,16,19H,3-4,9-15H2,1-2H3,(H2,21,22,23). The number of guanidine groups is 1. The van der Waals surface area contributed by atoms with Gasteiger partial charge >= 0.3 is 0 Å². The second kappa shape index (κ2) is 9.37. The zero-order valence-corrected chi connectivity index (χ0v) is 16.4. The minimum Gasteiger partial charge on any atom is -0.372 e. The molecule has 0 saturated carbocycles. The van der Waals surface area contributed by atoms with Crippen LogP contribution in [0.1, 0.15) is 38.2 Å². The topological polar surface area (TPSA) is 39.7 Å². The van der Waals surface area contributed by atoms with Crippen LogP contribution >= 0.6 is 11.8 Å². The van der Waals surface area contributed by atoms with Crippen LogP contribution in [0.4, 0.5) is 5.69 Å². The van der Waals surface area contributed by atoms with E-state index in [0.717, 1.165) is 30.2 Å². The van der Waals surface area contributed by atoms with Crippen LogP contribution in [0.25, 0.3) is 0 Å². The third-order valence-electron chi connectivity index (χ3n) is 5.29. The van der Waals surface area contributed by atoms with Gasteiger partial charge in [0, 0.05) is 44.2 Å². The highest BCUT2D eigenvalue weighted by Crippen LogP contribution is 2.25. The molecule has 0 radical (unpaired) electrons. The smallest absolute Gasteiger partial charge is 0.191 e. The fourth-order valence-corrected chi connectivity index (χ4v) is 4.71. The van der Waals surface area contributed by atoms with Crippen molar-refractivity contribution in [3.05, 3.63) is 29.8 Å². The summed E-state index contributed by atoms with van der Waals surface area (Å²) in [5.74, 6) is 3.09. The zero-order chi connectivity index (χ0) is 17.5. The van der Waals surface area contributed by atoms with E-state index in [2.05, 4.69) is 63.5 Å². The van der Waals surface area contributed by atoms with Crippen molar-refractivity contribution in [2.24, 2.45) is 10.9 Å². The summed E-state index contributed by atoms with van der Waals surface area (Å²) in [5, 5.41) is 7.63. The molecule has 2 saturated heterocycles. The van der Waals surface area contributed by atoms with Gasteiger partial charge in [-0.25, -0.2) is 0 Å². The molecule has 2 fully saturated rings. The van der Waals surface area contributed by atoms with Crippen LogP contribution in [0.2, 0.25) is 0 Å². The summed E-state index contributed by atoms with van der Waals surface area (Å²) in [6, 6.07) is 9.00. The molecule has 138 valence electrons. The lowest BCUT2D eigenvalue weighted by Crippen LogP contribution is -2.39. The largest absolute Gasteiger partial charge is 0.372 e. The molecule has 2 heterocycles. The first-order valence-electron chi connectivity index (χ1n) is 9.64. The molecule has 4 nitrogen and oxygen atoms in total. The van der Waals surface area contributed by atoms with E-state index in [0.29, 0.717) is 0 Å². The van der Waals surface area contributed by atoms with Crippen LogP contribution in [-0.4, -0.2) is 43.6 Å².